The summed E-state index contributed by atoms with van der Waals surface area (Å²) in [5.41, 5.74) is 1.90. The van der Waals surface area contributed by atoms with E-state index in [1.54, 1.807) is 19.2 Å². The molecule has 1 aromatic carbocycles. The molecule has 0 amide bonds. The van der Waals surface area contributed by atoms with Crippen LogP contribution in [0.1, 0.15) is 38.3 Å². The summed E-state index contributed by atoms with van der Waals surface area (Å²) in [6.07, 6.45) is 0.773. The molecule has 4 nitrogen and oxygen atoms in total. The van der Waals surface area contributed by atoms with Gasteiger partial charge in [0.15, 0.2) is 0 Å². The van der Waals surface area contributed by atoms with Crippen molar-refractivity contribution in [3.8, 4) is 0 Å². The van der Waals surface area contributed by atoms with Crippen molar-refractivity contribution in [3.63, 3.8) is 0 Å². The Morgan fingerprint density at radius 3 is 2.53 bits per heavy atom. The Hall–Kier alpha value is -0.910. The van der Waals surface area contributed by atoms with Gasteiger partial charge in [0.25, 0.3) is 0 Å². The van der Waals surface area contributed by atoms with E-state index in [0.29, 0.717) is 4.90 Å². The molecule has 0 aliphatic carbocycles. The summed E-state index contributed by atoms with van der Waals surface area (Å²) in [6.45, 7) is 7.46. The minimum absolute atomic E-state index is 0.379. The first kappa shape index (κ1) is 14.5. The highest BCUT2D eigenvalue weighted by molar-refractivity contribution is 7.89. The van der Waals surface area contributed by atoms with Crippen molar-refractivity contribution >= 4 is 10.0 Å². The van der Waals surface area contributed by atoms with Gasteiger partial charge in [-0.1, -0.05) is 13.0 Å². The summed E-state index contributed by atoms with van der Waals surface area (Å²) >= 11 is 0. The topological polar surface area (TPSA) is 49.4 Å². The number of nitrogens with zero attached hydrogens (tertiary/aromatic N) is 1. The number of rotatable bonds is 4. The lowest BCUT2D eigenvalue weighted by Crippen LogP contribution is -2.44. The maximum Gasteiger partial charge on any atom is 0.243 e. The Kier molecular flexibility index (Phi) is 3.73. The van der Waals surface area contributed by atoms with Gasteiger partial charge >= 0.3 is 0 Å². The molecular formula is C14H22N2O2S. The van der Waals surface area contributed by atoms with E-state index < -0.39 is 10.0 Å². The van der Waals surface area contributed by atoms with Gasteiger partial charge in [0, 0.05) is 25.7 Å². The molecule has 0 atom stereocenters. The van der Waals surface area contributed by atoms with E-state index in [1.807, 2.05) is 26.8 Å². The van der Waals surface area contributed by atoms with Crippen LogP contribution in [0.25, 0.3) is 0 Å². The molecule has 0 unspecified atom stereocenters. The van der Waals surface area contributed by atoms with Crippen molar-refractivity contribution in [3.05, 3.63) is 29.3 Å². The van der Waals surface area contributed by atoms with E-state index in [9.17, 15) is 8.42 Å². The molecule has 1 aromatic rings. The van der Waals surface area contributed by atoms with E-state index in [2.05, 4.69) is 5.32 Å². The van der Waals surface area contributed by atoms with E-state index in [-0.39, 0.29) is 5.54 Å². The van der Waals surface area contributed by atoms with Gasteiger partial charge in [0.2, 0.25) is 10.0 Å². The Morgan fingerprint density at radius 2 is 1.89 bits per heavy atom. The molecule has 1 N–H and O–H groups in total. The molecule has 2 rings (SSSR count). The lowest BCUT2D eigenvalue weighted by atomic mass is 10.0. The fourth-order valence-corrected chi connectivity index (χ4v) is 3.76. The SMILES string of the molecule is CCC(C)(C)N(C)S(=O)(=O)c1ccc2c(c1)CNC2. The van der Waals surface area contributed by atoms with Crippen LogP contribution in [0.4, 0.5) is 0 Å². The molecule has 0 radical (unpaired) electrons. The highest BCUT2D eigenvalue weighted by Crippen LogP contribution is 2.27. The smallest absolute Gasteiger partial charge is 0.243 e. The molecule has 0 fully saturated rings. The number of sulfonamides is 1. The highest BCUT2D eigenvalue weighted by Gasteiger charge is 2.33. The lowest BCUT2D eigenvalue weighted by molar-refractivity contribution is 0.257. The first-order valence-corrected chi connectivity index (χ1v) is 8.04. The van der Waals surface area contributed by atoms with Crippen LogP contribution in [0.3, 0.4) is 0 Å². The second-order valence-corrected chi connectivity index (χ2v) is 7.64. The van der Waals surface area contributed by atoms with Crippen LogP contribution in [-0.2, 0) is 23.1 Å². The molecule has 0 saturated carbocycles. The molecule has 0 bridgehead atoms. The zero-order valence-electron chi connectivity index (χ0n) is 12.0. The molecule has 1 heterocycles. The van der Waals surface area contributed by atoms with Crippen LogP contribution in [0.2, 0.25) is 0 Å². The first-order valence-electron chi connectivity index (χ1n) is 6.60. The number of fused-ring (bicyclic) bond motifs is 1. The van der Waals surface area contributed by atoms with Crippen LogP contribution in [0, 0.1) is 0 Å². The molecule has 0 saturated heterocycles. The van der Waals surface area contributed by atoms with Gasteiger partial charge < -0.3 is 5.32 Å². The van der Waals surface area contributed by atoms with Gasteiger partial charge in [-0.3, -0.25) is 0 Å². The molecule has 1 aliphatic heterocycles. The minimum Gasteiger partial charge on any atom is -0.309 e. The summed E-state index contributed by atoms with van der Waals surface area (Å²) in [7, 11) is -1.77. The summed E-state index contributed by atoms with van der Waals surface area (Å²) in [6, 6.07) is 5.42. The summed E-state index contributed by atoms with van der Waals surface area (Å²) in [4.78, 5) is 0.388. The Morgan fingerprint density at radius 1 is 1.26 bits per heavy atom. The van der Waals surface area contributed by atoms with Crippen molar-refractivity contribution in [1.29, 1.82) is 0 Å². The normalized spacial score (nSPS) is 15.8. The average Bonchev–Trinajstić information content (AvgIpc) is 2.84. The molecular weight excluding hydrogens is 260 g/mol. The number of hydrogen-bond acceptors (Lipinski definition) is 3. The van der Waals surface area contributed by atoms with E-state index in [0.717, 1.165) is 25.1 Å². The van der Waals surface area contributed by atoms with Gasteiger partial charge in [0.1, 0.15) is 0 Å². The summed E-state index contributed by atoms with van der Waals surface area (Å²) < 4.78 is 26.8. The monoisotopic (exact) mass is 282 g/mol. The molecule has 106 valence electrons. The third kappa shape index (κ3) is 2.55. The van der Waals surface area contributed by atoms with Crippen molar-refractivity contribution in [2.75, 3.05) is 7.05 Å². The maximum atomic E-state index is 12.6. The first-order chi connectivity index (χ1) is 8.79. The predicted molar refractivity (Wildman–Crippen MR) is 76.3 cm³/mol. The van der Waals surface area contributed by atoms with Crippen molar-refractivity contribution in [2.45, 2.75) is 50.7 Å². The Balaban J connectivity index is 2.40. The molecule has 5 heteroatoms. The predicted octanol–water partition coefficient (Wildman–Crippen LogP) is 2.10. The van der Waals surface area contributed by atoms with E-state index >= 15 is 0 Å². The van der Waals surface area contributed by atoms with Gasteiger partial charge in [-0.05, 0) is 43.5 Å². The molecule has 19 heavy (non-hydrogen) atoms. The summed E-state index contributed by atoms with van der Waals surface area (Å²) in [5, 5.41) is 3.23. The largest absolute Gasteiger partial charge is 0.309 e. The van der Waals surface area contributed by atoms with Crippen LogP contribution >= 0.6 is 0 Å². The van der Waals surface area contributed by atoms with Crippen molar-refractivity contribution in [2.24, 2.45) is 0 Å². The van der Waals surface area contributed by atoms with Gasteiger partial charge in [-0.25, -0.2) is 8.42 Å². The van der Waals surface area contributed by atoms with Crippen LogP contribution in [0.15, 0.2) is 23.1 Å². The number of hydrogen-bond donors (Lipinski definition) is 1. The Bertz CT molecular complexity index is 579. The van der Waals surface area contributed by atoms with Crippen LogP contribution < -0.4 is 5.32 Å². The zero-order valence-corrected chi connectivity index (χ0v) is 12.8. The Labute approximate surface area is 115 Å². The average molecular weight is 282 g/mol. The fourth-order valence-electron chi connectivity index (χ4n) is 2.14. The quantitative estimate of drug-likeness (QED) is 0.920. The highest BCUT2D eigenvalue weighted by atomic mass is 32.2. The van der Waals surface area contributed by atoms with Gasteiger partial charge in [0.05, 0.1) is 4.90 Å². The maximum absolute atomic E-state index is 12.6. The minimum atomic E-state index is -3.42. The lowest BCUT2D eigenvalue weighted by Gasteiger charge is -2.33. The van der Waals surface area contributed by atoms with E-state index in [4.69, 9.17) is 0 Å². The second-order valence-electron chi connectivity index (χ2n) is 5.67. The summed E-state index contributed by atoms with van der Waals surface area (Å²) in [5.74, 6) is 0. The van der Waals surface area contributed by atoms with Crippen LogP contribution in [0.5, 0.6) is 0 Å². The third-order valence-corrected chi connectivity index (χ3v) is 6.25. The molecule has 0 aromatic heterocycles. The van der Waals surface area contributed by atoms with Crippen molar-refractivity contribution < 1.29 is 8.42 Å². The zero-order chi connectivity index (χ0) is 14.3. The number of benzene rings is 1. The van der Waals surface area contributed by atoms with Gasteiger partial charge in [-0.2, -0.15) is 4.31 Å². The third-order valence-electron chi connectivity index (χ3n) is 4.18. The van der Waals surface area contributed by atoms with E-state index in [1.165, 1.54) is 9.87 Å². The van der Waals surface area contributed by atoms with Crippen LogP contribution in [-0.4, -0.2) is 25.3 Å². The molecule has 1 aliphatic rings. The van der Waals surface area contributed by atoms with Gasteiger partial charge in [-0.15, -0.1) is 0 Å². The number of nitrogens with one attached hydrogen (secondary N) is 1. The standard InChI is InChI=1S/C14H22N2O2S/c1-5-14(2,3)16(4)19(17,18)13-7-6-11-9-15-10-12(11)8-13/h6-8,15H,5,9-10H2,1-4H3. The molecule has 0 spiro atoms. The van der Waals surface area contributed by atoms with Crippen molar-refractivity contribution in [1.82, 2.24) is 9.62 Å². The second kappa shape index (κ2) is 4.89. The fraction of sp³-hybridized carbons (Fsp3) is 0.571.